The zero-order valence-electron chi connectivity index (χ0n) is 22.0. The average Bonchev–Trinajstić information content (AvgIpc) is 3.43. The first-order valence-corrected chi connectivity index (χ1v) is 14.6. The molecule has 0 aliphatic rings. The van der Waals surface area contributed by atoms with Gasteiger partial charge in [-0.15, -0.1) is 10.2 Å². The van der Waals surface area contributed by atoms with Crippen molar-refractivity contribution in [1.29, 1.82) is 0 Å². The molecule has 1 heterocycles. The maximum atomic E-state index is 12.6. The van der Waals surface area contributed by atoms with E-state index in [0.29, 0.717) is 24.1 Å². The van der Waals surface area contributed by atoms with Gasteiger partial charge in [-0.05, 0) is 54.1 Å². The van der Waals surface area contributed by atoms with Crippen LogP contribution in [0.25, 0.3) is 5.69 Å². The molecular weight excluding hydrogens is 600 g/mol. The summed E-state index contributed by atoms with van der Waals surface area (Å²) >= 11 is 4.75. The van der Waals surface area contributed by atoms with E-state index in [9.17, 15) is 4.79 Å². The van der Waals surface area contributed by atoms with Crippen molar-refractivity contribution in [3.8, 4) is 11.4 Å². The fourth-order valence-electron chi connectivity index (χ4n) is 3.88. The molecule has 0 aliphatic carbocycles. The molecule has 0 radical (unpaired) electrons. The summed E-state index contributed by atoms with van der Waals surface area (Å²) in [6, 6.07) is 35.3. The highest BCUT2D eigenvalue weighted by molar-refractivity contribution is 9.10. The first-order chi connectivity index (χ1) is 20.2. The van der Waals surface area contributed by atoms with Crippen molar-refractivity contribution in [3.63, 3.8) is 0 Å². The molecule has 0 bridgehead atoms. The second kappa shape index (κ2) is 14.3. The van der Waals surface area contributed by atoms with Gasteiger partial charge in [0.15, 0.2) is 11.0 Å². The van der Waals surface area contributed by atoms with Crippen LogP contribution in [0.5, 0.6) is 5.75 Å². The van der Waals surface area contributed by atoms with Gasteiger partial charge in [0.2, 0.25) is 0 Å². The fraction of sp³-hybridized carbons (Fsp3) is 0.0968. The normalized spacial score (nSPS) is 11.0. The molecule has 0 aliphatic heterocycles. The average molecular weight is 628 g/mol. The number of aromatic nitrogens is 3. The van der Waals surface area contributed by atoms with Crippen molar-refractivity contribution in [2.45, 2.75) is 18.3 Å². The van der Waals surface area contributed by atoms with E-state index < -0.39 is 0 Å². The molecule has 206 valence electrons. The molecule has 41 heavy (non-hydrogen) atoms. The number of carbonyl (C=O) groups is 1. The predicted octanol–water partition coefficient (Wildman–Crippen LogP) is 6.46. The van der Waals surface area contributed by atoms with Crippen LogP contribution in [0.1, 0.15) is 17.0 Å². The third kappa shape index (κ3) is 8.06. The number of nitrogens with one attached hydrogen (secondary N) is 2. The summed E-state index contributed by atoms with van der Waals surface area (Å²) in [7, 11) is 0. The van der Waals surface area contributed by atoms with Crippen molar-refractivity contribution in [1.82, 2.24) is 20.2 Å². The Morgan fingerprint density at radius 1 is 0.902 bits per heavy atom. The van der Waals surface area contributed by atoms with E-state index in [0.717, 1.165) is 32.8 Å². The Bertz CT molecular complexity index is 1590. The number of carbonyl (C=O) groups excluding carboxylic acids is 1. The number of benzene rings is 4. The highest BCUT2D eigenvalue weighted by Gasteiger charge is 2.16. The Morgan fingerprint density at radius 2 is 1.61 bits per heavy atom. The lowest BCUT2D eigenvalue weighted by atomic mass is 10.2. The third-order valence-electron chi connectivity index (χ3n) is 5.89. The Balaban J connectivity index is 1.20. The number of hydrogen-bond acceptors (Lipinski definition) is 7. The SMILES string of the molecule is O=C(CSc1nnc(CNc2ccc(Br)cc2)n1-c1ccccc1)N/N=C\c1ccccc1OCc1ccccc1. The molecule has 0 spiro atoms. The standard InChI is InChI=1S/C31H27BrN6O2S/c32-25-15-17-26(18-16-25)33-20-29-35-37-31(38(29)27-12-5-2-6-13-27)41-22-30(39)36-34-19-24-11-7-8-14-28(24)40-21-23-9-3-1-4-10-23/h1-19,33H,20-22H2,(H,36,39)/b34-19-. The molecule has 4 aromatic carbocycles. The number of para-hydroxylation sites is 2. The first-order valence-electron chi connectivity index (χ1n) is 12.9. The second-order valence-electron chi connectivity index (χ2n) is 8.82. The minimum Gasteiger partial charge on any atom is -0.488 e. The lowest BCUT2D eigenvalue weighted by molar-refractivity contribution is -0.118. The Morgan fingerprint density at radius 3 is 2.39 bits per heavy atom. The molecular formula is C31H27BrN6O2S. The summed E-state index contributed by atoms with van der Waals surface area (Å²) < 4.78 is 8.93. The van der Waals surface area contributed by atoms with Gasteiger partial charge in [0, 0.05) is 21.4 Å². The smallest absolute Gasteiger partial charge is 0.250 e. The van der Waals surface area contributed by atoms with Crippen LogP contribution in [-0.2, 0) is 17.9 Å². The summed E-state index contributed by atoms with van der Waals surface area (Å²) in [6.45, 7) is 0.907. The molecule has 2 N–H and O–H groups in total. The van der Waals surface area contributed by atoms with Gasteiger partial charge in [-0.3, -0.25) is 9.36 Å². The molecule has 1 aromatic heterocycles. The number of ether oxygens (including phenoxy) is 1. The van der Waals surface area contributed by atoms with Crippen molar-refractivity contribution in [3.05, 3.63) is 131 Å². The maximum Gasteiger partial charge on any atom is 0.250 e. The van der Waals surface area contributed by atoms with Crippen LogP contribution in [0.15, 0.2) is 124 Å². The zero-order valence-corrected chi connectivity index (χ0v) is 24.4. The maximum absolute atomic E-state index is 12.6. The lowest BCUT2D eigenvalue weighted by Gasteiger charge is -2.11. The van der Waals surface area contributed by atoms with Gasteiger partial charge < -0.3 is 10.1 Å². The molecule has 0 unspecified atom stereocenters. The van der Waals surface area contributed by atoms with Gasteiger partial charge in [-0.2, -0.15) is 5.10 Å². The van der Waals surface area contributed by atoms with Crippen molar-refractivity contribution in [2.24, 2.45) is 5.10 Å². The third-order valence-corrected chi connectivity index (χ3v) is 7.35. The van der Waals surface area contributed by atoms with Crippen LogP contribution in [-0.4, -0.2) is 32.6 Å². The second-order valence-corrected chi connectivity index (χ2v) is 10.7. The quantitative estimate of drug-likeness (QED) is 0.0937. The number of amides is 1. The van der Waals surface area contributed by atoms with E-state index in [1.165, 1.54) is 11.8 Å². The topological polar surface area (TPSA) is 93.4 Å². The van der Waals surface area contributed by atoms with E-state index >= 15 is 0 Å². The highest BCUT2D eigenvalue weighted by atomic mass is 79.9. The largest absolute Gasteiger partial charge is 0.488 e. The zero-order chi connectivity index (χ0) is 28.3. The van der Waals surface area contributed by atoms with Crippen molar-refractivity contribution >= 4 is 45.5 Å². The Kier molecular flexibility index (Phi) is 9.80. The van der Waals surface area contributed by atoms with Gasteiger partial charge in [-0.25, -0.2) is 5.43 Å². The van der Waals surface area contributed by atoms with E-state index in [4.69, 9.17) is 4.74 Å². The molecule has 8 nitrogen and oxygen atoms in total. The number of nitrogens with zero attached hydrogens (tertiary/aromatic N) is 4. The summed E-state index contributed by atoms with van der Waals surface area (Å²) in [6.07, 6.45) is 1.58. The Labute approximate surface area is 251 Å². The molecule has 0 atom stereocenters. The first kappa shape index (κ1) is 28.1. The van der Waals surface area contributed by atoms with Crippen LogP contribution in [0.2, 0.25) is 0 Å². The van der Waals surface area contributed by atoms with E-state index in [1.807, 2.05) is 114 Å². The van der Waals surface area contributed by atoms with E-state index in [2.05, 4.69) is 42.0 Å². The molecule has 0 saturated carbocycles. The fourth-order valence-corrected chi connectivity index (χ4v) is 4.91. The molecule has 1 amide bonds. The highest BCUT2D eigenvalue weighted by Crippen LogP contribution is 2.23. The monoisotopic (exact) mass is 626 g/mol. The van der Waals surface area contributed by atoms with Crippen LogP contribution >= 0.6 is 27.7 Å². The van der Waals surface area contributed by atoms with Crippen LogP contribution < -0.4 is 15.5 Å². The number of halogens is 1. The van der Waals surface area contributed by atoms with Gasteiger partial charge in [0.05, 0.1) is 18.5 Å². The molecule has 0 saturated heterocycles. The minimum absolute atomic E-state index is 0.120. The number of hydrogen-bond donors (Lipinski definition) is 2. The van der Waals surface area contributed by atoms with Crippen LogP contribution in [0.3, 0.4) is 0 Å². The van der Waals surface area contributed by atoms with Gasteiger partial charge in [-0.1, -0.05) is 88.4 Å². The predicted molar refractivity (Wildman–Crippen MR) is 167 cm³/mol. The van der Waals surface area contributed by atoms with Crippen LogP contribution in [0, 0.1) is 0 Å². The molecule has 5 rings (SSSR count). The molecule has 10 heteroatoms. The van der Waals surface area contributed by atoms with Crippen molar-refractivity contribution in [2.75, 3.05) is 11.1 Å². The van der Waals surface area contributed by atoms with E-state index in [1.54, 1.807) is 6.21 Å². The summed E-state index contributed by atoms with van der Waals surface area (Å²) in [5.41, 5.74) is 6.32. The molecule has 5 aromatic rings. The minimum atomic E-state index is -0.258. The number of anilines is 1. The summed E-state index contributed by atoms with van der Waals surface area (Å²) in [4.78, 5) is 12.6. The number of hydrazone groups is 1. The van der Waals surface area contributed by atoms with Gasteiger partial charge in [0.25, 0.3) is 5.91 Å². The Hall–Kier alpha value is -4.41. The molecule has 0 fully saturated rings. The van der Waals surface area contributed by atoms with E-state index in [-0.39, 0.29) is 11.7 Å². The lowest BCUT2D eigenvalue weighted by Crippen LogP contribution is -2.20. The number of thioether (sulfide) groups is 1. The van der Waals surface area contributed by atoms with Crippen LogP contribution in [0.4, 0.5) is 5.69 Å². The summed E-state index contributed by atoms with van der Waals surface area (Å²) in [5, 5.41) is 16.9. The summed E-state index contributed by atoms with van der Waals surface area (Å²) in [5.74, 6) is 1.27. The van der Waals surface area contributed by atoms with Crippen molar-refractivity contribution < 1.29 is 9.53 Å². The van der Waals surface area contributed by atoms with Gasteiger partial charge in [0.1, 0.15) is 12.4 Å². The number of rotatable bonds is 12. The van der Waals surface area contributed by atoms with Gasteiger partial charge >= 0.3 is 0 Å².